The van der Waals surface area contributed by atoms with E-state index in [4.69, 9.17) is 37.4 Å². The number of ether oxygens (including phenoxy) is 3. The van der Waals surface area contributed by atoms with Gasteiger partial charge in [-0.25, -0.2) is 19.3 Å². The first kappa shape index (κ1) is 27.2. The highest BCUT2D eigenvalue weighted by Crippen LogP contribution is 2.36. The van der Waals surface area contributed by atoms with Crippen LogP contribution in [0.25, 0.3) is 0 Å². The van der Waals surface area contributed by atoms with E-state index < -0.39 is 12.4 Å². The van der Waals surface area contributed by atoms with E-state index in [0.29, 0.717) is 28.9 Å². The second kappa shape index (κ2) is 12.3. The third kappa shape index (κ3) is 6.03. The zero-order valence-electron chi connectivity index (χ0n) is 21.8. The molecule has 2 aliphatic heterocycles. The number of nitrogens with zero attached hydrogens (tertiary/aromatic N) is 7. The van der Waals surface area contributed by atoms with Gasteiger partial charge in [0.25, 0.3) is 0 Å². The molecule has 210 valence electrons. The Labute approximate surface area is 246 Å². The van der Waals surface area contributed by atoms with Gasteiger partial charge < -0.3 is 24.1 Å². The average molecular weight is 603 g/mol. The molecular formula is C27H29Cl2N7O3S. The Kier molecular flexibility index (Phi) is 8.35. The van der Waals surface area contributed by atoms with Crippen molar-refractivity contribution in [2.45, 2.75) is 30.2 Å². The molecule has 0 radical (unpaired) electrons. The Morgan fingerprint density at radius 3 is 2.65 bits per heavy atom. The lowest BCUT2D eigenvalue weighted by Gasteiger charge is -2.38. The Morgan fingerprint density at radius 2 is 1.93 bits per heavy atom. The molecule has 0 amide bonds. The quantitative estimate of drug-likeness (QED) is 0.257. The first-order valence-electron chi connectivity index (χ1n) is 13.0. The van der Waals surface area contributed by atoms with Crippen molar-refractivity contribution in [2.24, 2.45) is 0 Å². The summed E-state index contributed by atoms with van der Waals surface area (Å²) < 4.78 is 22.5. The Morgan fingerprint density at radius 1 is 1.10 bits per heavy atom. The minimum Gasteiger partial charge on any atom is -0.483 e. The number of imidazole rings is 1. The van der Waals surface area contributed by atoms with Crippen LogP contribution in [0.4, 0.5) is 5.69 Å². The summed E-state index contributed by atoms with van der Waals surface area (Å²) in [5.74, 6) is 0.713. The van der Waals surface area contributed by atoms with Gasteiger partial charge >= 0.3 is 0 Å². The van der Waals surface area contributed by atoms with Gasteiger partial charge in [0.15, 0.2) is 17.6 Å². The fourth-order valence-corrected chi connectivity index (χ4v) is 6.02. The van der Waals surface area contributed by atoms with Gasteiger partial charge in [0.05, 0.1) is 26.2 Å². The van der Waals surface area contributed by atoms with E-state index in [1.807, 2.05) is 36.8 Å². The van der Waals surface area contributed by atoms with E-state index in [0.717, 1.165) is 42.6 Å². The number of benzene rings is 2. The molecule has 2 saturated heterocycles. The van der Waals surface area contributed by atoms with E-state index in [2.05, 4.69) is 41.8 Å². The number of halogens is 2. The highest BCUT2D eigenvalue weighted by molar-refractivity contribution is 7.98. The van der Waals surface area contributed by atoms with Crippen LogP contribution in [0, 0.1) is 0 Å². The van der Waals surface area contributed by atoms with Gasteiger partial charge in [-0.2, -0.15) is 5.10 Å². The number of piperazine rings is 1. The molecule has 0 bridgehead atoms. The SMILES string of the molecule is CSc1nccn1N1CCN(c2ccc(OC(c3ccc(Cl)cc3Cl)[C@H]3CO[C@@H](Cn4cncn4)O3)cc2)CC1. The molecule has 0 N–H and O–H groups in total. The molecule has 40 heavy (non-hydrogen) atoms. The minimum absolute atomic E-state index is 0.348. The van der Waals surface area contributed by atoms with Crippen molar-refractivity contribution in [3.63, 3.8) is 0 Å². The van der Waals surface area contributed by atoms with Gasteiger partial charge in [-0.05, 0) is 42.7 Å². The minimum atomic E-state index is -0.499. The van der Waals surface area contributed by atoms with Crippen LogP contribution < -0.4 is 14.6 Å². The summed E-state index contributed by atoms with van der Waals surface area (Å²) in [6, 6.07) is 13.6. The molecule has 4 heterocycles. The molecule has 0 aliphatic carbocycles. The van der Waals surface area contributed by atoms with Crippen molar-refractivity contribution in [1.82, 2.24) is 24.4 Å². The fourth-order valence-electron chi connectivity index (χ4n) is 4.98. The molecule has 3 atom stereocenters. The number of aromatic nitrogens is 5. The summed E-state index contributed by atoms with van der Waals surface area (Å²) >= 11 is 14.4. The molecule has 2 fully saturated rings. The summed E-state index contributed by atoms with van der Waals surface area (Å²) in [5.41, 5.74) is 1.93. The number of anilines is 1. The van der Waals surface area contributed by atoms with Crippen molar-refractivity contribution >= 4 is 40.7 Å². The van der Waals surface area contributed by atoms with Gasteiger partial charge in [0.1, 0.15) is 24.5 Å². The molecule has 4 aromatic rings. The predicted octanol–water partition coefficient (Wildman–Crippen LogP) is 4.52. The van der Waals surface area contributed by atoms with E-state index in [-0.39, 0.29) is 6.10 Å². The first-order chi connectivity index (χ1) is 19.6. The zero-order valence-corrected chi connectivity index (χ0v) is 24.2. The van der Waals surface area contributed by atoms with Crippen molar-refractivity contribution in [1.29, 1.82) is 0 Å². The molecular weight excluding hydrogens is 573 g/mol. The van der Waals surface area contributed by atoms with Crippen molar-refractivity contribution in [3.8, 4) is 5.75 Å². The van der Waals surface area contributed by atoms with Crippen LogP contribution in [0.1, 0.15) is 11.7 Å². The molecule has 2 aromatic carbocycles. The summed E-state index contributed by atoms with van der Waals surface area (Å²) in [6.07, 6.45) is 7.68. The van der Waals surface area contributed by atoms with Gasteiger partial charge in [-0.15, -0.1) is 0 Å². The third-order valence-corrected chi connectivity index (χ3v) is 8.20. The maximum absolute atomic E-state index is 6.61. The van der Waals surface area contributed by atoms with Gasteiger partial charge in [0.2, 0.25) is 0 Å². The van der Waals surface area contributed by atoms with E-state index in [1.165, 1.54) is 6.33 Å². The lowest BCUT2D eigenvalue weighted by molar-refractivity contribution is -0.0867. The molecule has 0 saturated carbocycles. The molecule has 1 unspecified atom stereocenters. The van der Waals surface area contributed by atoms with Crippen molar-refractivity contribution < 1.29 is 14.2 Å². The molecule has 0 spiro atoms. The second-order valence-corrected chi connectivity index (χ2v) is 11.1. The topological polar surface area (TPSA) is 82.7 Å². The predicted molar refractivity (Wildman–Crippen MR) is 155 cm³/mol. The Bertz CT molecular complexity index is 1400. The monoisotopic (exact) mass is 601 g/mol. The second-order valence-electron chi connectivity index (χ2n) is 9.45. The number of rotatable bonds is 9. The van der Waals surface area contributed by atoms with E-state index in [1.54, 1.807) is 34.9 Å². The Hall–Kier alpha value is -2.96. The lowest BCUT2D eigenvalue weighted by Crippen LogP contribution is -2.51. The zero-order chi connectivity index (χ0) is 27.5. The van der Waals surface area contributed by atoms with Crippen LogP contribution in [-0.2, 0) is 16.0 Å². The van der Waals surface area contributed by atoms with Crippen molar-refractivity contribution in [2.75, 3.05) is 49.0 Å². The van der Waals surface area contributed by atoms with Gasteiger partial charge in [-0.1, -0.05) is 41.0 Å². The number of hydrogen-bond acceptors (Lipinski definition) is 9. The highest BCUT2D eigenvalue weighted by atomic mass is 35.5. The highest BCUT2D eigenvalue weighted by Gasteiger charge is 2.36. The van der Waals surface area contributed by atoms with Crippen LogP contribution >= 0.6 is 35.0 Å². The van der Waals surface area contributed by atoms with E-state index in [9.17, 15) is 0 Å². The van der Waals surface area contributed by atoms with Crippen molar-refractivity contribution in [3.05, 3.63) is 83.1 Å². The Balaban J connectivity index is 1.13. The normalized spacial score (nSPS) is 20.2. The fraction of sp³-hybridized carbons (Fsp3) is 0.370. The van der Waals surface area contributed by atoms with Crippen LogP contribution in [0.15, 0.2) is 72.7 Å². The summed E-state index contributed by atoms with van der Waals surface area (Å²) in [6.45, 7) is 4.42. The van der Waals surface area contributed by atoms with Crippen LogP contribution in [0.2, 0.25) is 10.0 Å². The standard InChI is InChI=1S/C27H29Cl2N7O3S/c1-40-27-31-8-9-36(27)35-12-10-33(11-13-35)20-3-5-21(6-4-20)38-26(22-7-2-19(28)14-23(22)29)24-16-37-25(39-24)15-34-18-30-17-32-34/h2-9,14,17-18,24-26H,10-13,15-16H2,1H3/t24-,25-,26?/m1/s1. The maximum Gasteiger partial charge on any atom is 0.186 e. The third-order valence-electron chi connectivity index (χ3n) is 6.98. The van der Waals surface area contributed by atoms with Gasteiger partial charge in [-0.3, -0.25) is 0 Å². The van der Waals surface area contributed by atoms with E-state index >= 15 is 0 Å². The first-order valence-corrected chi connectivity index (χ1v) is 14.9. The average Bonchev–Trinajstić information content (AvgIpc) is 3.76. The largest absolute Gasteiger partial charge is 0.483 e. The maximum atomic E-state index is 6.61. The summed E-state index contributed by atoms with van der Waals surface area (Å²) in [5, 5.41) is 8.54. The van der Waals surface area contributed by atoms with Crippen LogP contribution in [0.5, 0.6) is 5.75 Å². The van der Waals surface area contributed by atoms with Gasteiger partial charge in [0, 0.05) is 46.8 Å². The number of thioether (sulfide) groups is 1. The molecule has 10 nitrogen and oxygen atoms in total. The lowest BCUT2D eigenvalue weighted by atomic mass is 10.0. The van der Waals surface area contributed by atoms with Crippen LogP contribution in [0.3, 0.4) is 0 Å². The summed E-state index contributed by atoms with van der Waals surface area (Å²) in [4.78, 5) is 10.8. The molecule has 2 aliphatic rings. The molecule has 6 rings (SSSR count). The smallest absolute Gasteiger partial charge is 0.186 e. The van der Waals surface area contributed by atoms with Crippen LogP contribution in [-0.4, -0.2) is 75.9 Å². The summed E-state index contributed by atoms with van der Waals surface area (Å²) in [7, 11) is 0. The molecule has 13 heteroatoms. The molecule has 2 aromatic heterocycles. The number of hydrogen-bond donors (Lipinski definition) is 0.